The van der Waals surface area contributed by atoms with E-state index < -0.39 is 5.60 Å². The molecule has 3 rings (SSSR count). The molecule has 2 amide bonds. The van der Waals surface area contributed by atoms with E-state index in [0.29, 0.717) is 26.2 Å². The van der Waals surface area contributed by atoms with Gasteiger partial charge in [0.25, 0.3) is 0 Å². The van der Waals surface area contributed by atoms with Crippen molar-refractivity contribution in [3.05, 3.63) is 47.7 Å². The molecule has 0 spiro atoms. The Morgan fingerprint density at radius 2 is 1.81 bits per heavy atom. The predicted molar refractivity (Wildman–Crippen MR) is 123 cm³/mol. The van der Waals surface area contributed by atoms with Gasteiger partial charge in [-0.2, -0.15) is 0 Å². The number of nitrogens with zero attached hydrogens (tertiary/aromatic N) is 4. The first-order valence-corrected chi connectivity index (χ1v) is 10.8. The van der Waals surface area contributed by atoms with Crippen LogP contribution in [0.2, 0.25) is 0 Å². The molecule has 1 saturated heterocycles. The minimum Gasteiger partial charge on any atom is -0.444 e. The molecule has 1 aliphatic heterocycles. The van der Waals surface area contributed by atoms with Gasteiger partial charge in [0, 0.05) is 37.6 Å². The molecule has 1 aromatic carbocycles. The van der Waals surface area contributed by atoms with Crippen molar-refractivity contribution >= 4 is 29.7 Å². The smallest absolute Gasteiger partial charge is 0.410 e. The summed E-state index contributed by atoms with van der Waals surface area (Å²) in [6.07, 6.45) is 1.37. The van der Waals surface area contributed by atoms with Gasteiger partial charge in [-0.05, 0) is 57.9 Å². The van der Waals surface area contributed by atoms with Crippen LogP contribution in [0.3, 0.4) is 0 Å². The Kier molecular flexibility index (Phi) is 6.83. The van der Waals surface area contributed by atoms with Crippen LogP contribution in [-0.4, -0.2) is 54.2 Å². The molecule has 0 saturated carbocycles. The lowest BCUT2D eigenvalue weighted by Gasteiger charge is -2.37. The van der Waals surface area contributed by atoms with Crippen LogP contribution >= 0.6 is 0 Å². The van der Waals surface area contributed by atoms with Crippen LogP contribution in [0.5, 0.6) is 0 Å². The Hall–Kier alpha value is -3.09. The zero-order valence-corrected chi connectivity index (χ0v) is 19.1. The van der Waals surface area contributed by atoms with E-state index >= 15 is 0 Å². The topological polar surface area (TPSA) is 66.0 Å². The zero-order chi connectivity index (χ0) is 22.6. The number of carbonyl (C=O) groups excluding carboxylic acids is 2. The van der Waals surface area contributed by atoms with Crippen molar-refractivity contribution in [3.8, 4) is 0 Å². The highest BCUT2D eigenvalue weighted by molar-refractivity contribution is 5.91. The molecule has 31 heavy (non-hydrogen) atoms. The Bertz CT molecular complexity index is 916. The Balaban J connectivity index is 1.89. The summed E-state index contributed by atoms with van der Waals surface area (Å²) >= 11 is 0. The van der Waals surface area contributed by atoms with Crippen LogP contribution < -0.4 is 9.80 Å². The van der Waals surface area contributed by atoms with Crippen LogP contribution in [0.1, 0.15) is 39.0 Å². The molecule has 7 heteroatoms. The molecule has 166 valence electrons. The van der Waals surface area contributed by atoms with Crippen LogP contribution in [0, 0.1) is 6.92 Å². The second-order valence-electron chi connectivity index (χ2n) is 8.69. The summed E-state index contributed by atoms with van der Waals surface area (Å²) in [5.74, 6) is 0.759. The van der Waals surface area contributed by atoms with Crippen molar-refractivity contribution in [2.24, 2.45) is 0 Å². The lowest BCUT2D eigenvalue weighted by atomic mass is 10.1. The highest BCUT2D eigenvalue weighted by Crippen LogP contribution is 2.34. The number of carbonyl (C=O) groups is 2. The molecule has 0 atom stereocenters. The van der Waals surface area contributed by atoms with E-state index in [-0.39, 0.29) is 6.09 Å². The lowest BCUT2D eigenvalue weighted by Crippen LogP contribution is -2.50. The van der Waals surface area contributed by atoms with Gasteiger partial charge < -0.3 is 14.5 Å². The summed E-state index contributed by atoms with van der Waals surface area (Å²) in [6, 6.07) is 11.6. The number of hydrogen-bond donors (Lipinski definition) is 0. The van der Waals surface area contributed by atoms with Crippen molar-refractivity contribution < 1.29 is 14.3 Å². The van der Waals surface area contributed by atoms with Crippen LogP contribution in [-0.2, 0) is 16.0 Å². The Morgan fingerprint density at radius 1 is 1.16 bits per heavy atom. The van der Waals surface area contributed by atoms with Gasteiger partial charge in [0.1, 0.15) is 5.60 Å². The summed E-state index contributed by atoms with van der Waals surface area (Å²) in [7, 11) is 0. The van der Waals surface area contributed by atoms with Crippen LogP contribution in [0.15, 0.2) is 36.4 Å². The number of hydrogen-bond acceptors (Lipinski definition) is 5. The molecule has 0 bridgehead atoms. The molecule has 1 fully saturated rings. The van der Waals surface area contributed by atoms with Gasteiger partial charge in [-0.3, -0.25) is 9.69 Å². The molecular formula is C24H32N4O3. The first-order valence-electron chi connectivity index (χ1n) is 10.8. The van der Waals surface area contributed by atoms with Crippen LogP contribution in [0.4, 0.5) is 22.0 Å². The number of piperazine rings is 1. The molecule has 1 aliphatic rings. The molecule has 2 heterocycles. The van der Waals surface area contributed by atoms with E-state index in [4.69, 9.17) is 9.72 Å². The fourth-order valence-electron chi connectivity index (χ4n) is 3.66. The minimum absolute atomic E-state index is 0.295. The third kappa shape index (κ3) is 5.34. The SMILES string of the molecule is CCc1cc(N(C=O)c2ccccc2)c(N2CCN(C(=O)OC(C)(C)C)CC2)nc1C. The summed E-state index contributed by atoms with van der Waals surface area (Å²) in [5.41, 5.74) is 3.09. The average Bonchev–Trinajstić information content (AvgIpc) is 2.74. The van der Waals surface area contributed by atoms with Crippen molar-refractivity contribution in [1.29, 1.82) is 0 Å². The lowest BCUT2D eigenvalue weighted by molar-refractivity contribution is -0.106. The molecule has 0 unspecified atom stereocenters. The monoisotopic (exact) mass is 424 g/mol. The van der Waals surface area contributed by atoms with E-state index in [1.54, 1.807) is 9.80 Å². The van der Waals surface area contributed by atoms with E-state index in [2.05, 4.69) is 17.9 Å². The number of ether oxygens (including phenoxy) is 1. The molecule has 0 aliphatic carbocycles. The number of aromatic nitrogens is 1. The average molecular weight is 425 g/mol. The number of para-hydroxylation sites is 1. The van der Waals surface area contributed by atoms with Crippen LogP contribution in [0.25, 0.3) is 0 Å². The van der Waals surface area contributed by atoms with Gasteiger partial charge in [0.15, 0.2) is 5.82 Å². The number of anilines is 3. The standard InChI is InChI=1S/C24H32N4O3/c1-6-19-16-21(28(17-29)20-10-8-7-9-11-20)22(25-18(19)2)26-12-14-27(15-13-26)23(30)31-24(3,4)5/h7-11,16-17H,6,12-15H2,1-5H3. The predicted octanol–water partition coefficient (Wildman–Crippen LogP) is 4.30. The third-order valence-corrected chi connectivity index (χ3v) is 5.29. The first kappa shape index (κ1) is 22.6. The highest BCUT2D eigenvalue weighted by atomic mass is 16.6. The molecule has 2 aromatic rings. The van der Waals surface area contributed by atoms with Gasteiger partial charge in [-0.1, -0.05) is 25.1 Å². The molecule has 7 nitrogen and oxygen atoms in total. The van der Waals surface area contributed by atoms with Gasteiger partial charge >= 0.3 is 6.09 Å². The van der Waals surface area contributed by atoms with Gasteiger partial charge in [-0.15, -0.1) is 0 Å². The largest absolute Gasteiger partial charge is 0.444 e. The third-order valence-electron chi connectivity index (χ3n) is 5.29. The first-order chi connectivity index (χ1) is 14.7. The maximum Gasteiger partial charge on any atom is 0.410 e. The fourth-order valence-corrected chi connectivity index (χ4v) is 3.66. The maximum atomic E-state index is 12.4. The molecule has 0 N–H and O–H groups in total. The number of rotatable bonds is 5. The summed E-state index contributed by atoms with van der Waals surface area (Å²) < 4.78 is 5.50. The van der Waals surface area contributed by atoms with E-state index in [1.165, 1.54) is 0 Å². The van der Waals surface area contributed by atoms with E-state index in [9.17, 15) is 9.59 Å². The Morgan fingerprint density at radius 3 is 2.35 bits per heavy atom. The summed E-state index contributed by atoms with van der Waals surface area (Å²) in [6.45, 7) is 12.0. The number of amides is 2. The molecular weight excluding hydrogens is 392 g/mol. The number of benzene rings is 1. The van der Waals surface area contributed by atoms with Gasteiger partial charge in [0.05, 0.1) is 5.69 Å². The van der Waals surface area contributed by atoms with Gasteiger partial charge in [-0.25, -0.2) is 9.78 Å². The zero-order valence-electron chi connectivity index (χ0n) is 19.1. The highest BCUT2D eigenvalue weighted by Gasteiger charge is 2.28. The normalized spacial score (nSPS) is 14.4. The second-order valence-corrected chi connectivity index (χ2v) is 8.69. The summed E-state index contributed by atoms with van der Waals surface area (Å²) in [4.78, 5) is 34.9. The van der Waals surface area contributed by atoms with Gasteiger partial charge in [0.2, 0.25) is 6.41 Å². The fraction of sp³-hybridized carbons (Fsp3) is 0.458. The quantitative estimate of drug-likeness (QED) is 0.670. The second kappa shape index (κ2) is 9.37. The minimum atomic E-state index is -0.518. The summed E-state index contributed by atoms with van der Waals surface area (Å²) in [5, 5.41) is 0. The molecule has 1 aromatic heterocycles. The van der Waals surface area contributed by atoms with Crippen molar-refractivity contribution in [2.75, 3.05) is 36.0 Å². The number of aryl methyl sites for hydroxylation is 2. The van der Waals surface area contributed by atoms with Crippen molar-refractivity contribution in [3.63, 3.8) is 0 Å². The maximum absolute atomic E-state index is 12.4. The van der Waals surface area contributed by atoms with Crippen molar-refractivity contribution in [1.82, 2.24) is 9.88 Å². The number of pyridine rings is 1. The van der Waals surface area contributed by atoms with E-state index in [0.717, 1.165) is 41.3 Å². The Labute approximate surface area is 184 Å². The molecule has 0 radical (unpaired) electrons. The van der Waals surface area contributed by atoms with E-state index in [1.807, 2.05) is 58.0 Å². The van der Waals surface area contributed by atoms with Crippen molar-refractivity contribution in [2.45, 2.75) is 46.6 Å².